The van der Waals surface area contributed by atoms with E-state index < -0.39 is 0 Å². The third-order valence-electron chi connectivity index (χ3n) is 1.62. The lowest BCUT2D eigenvalue weighted by atomic mass is 10.2. The van der Waals surface area contributed by atoms with Crippen LogP contribution >= 0.6 is 0 Å². The van der Waals surface area contributed by atoms with Gasteiger partial charge in [-0.25, -0.2) is 0 Å². The summed E-state index contributed by atoms with van der Waals surface area (Å²) in [4.78, 5) is 0. The summed E-state index contributed by atoms with van der Waals surface area (Å²) >= 11 is 0. The normalized spacial score (nSPS) is 18.6. The molecule has 0 atom stereocenters. The summed E-state index contributed by atoms with van der Waals surface area (Å²) in [6.45, 7) is 1.89. The standard InChI is InChI=1S/C7H13N/c1-6(8)2-3-7-4-5-7/h7-8H,2-5H2,1H3. The summed E-state index contributed by atoms with van der Waals surface area (Å²) < 4.78 is 0. The topological polar surface area (TPSA) is 23.9 Å². The minimum absolute atomic E-state index is 0.844. The fourth-order valence-electron chi connectivity index (χ4n) is 0.827. The molecule has 1 heteroatoms. The van der Waals surface area contributed by atoms with E-state index >= 15 is 0 Å². The van der Waals surface area contributed by atoms with Crippen LogP contribution in [0.4, 0.5) is 0 Å². The monoisotopic (exact) mass is 111 g/mol. The van der Waals surface area contributed by atoms with Gasteiger partial charge in [0.1, 0.15) is 0 Å². The van der Waals surface area contributed by atoms with Crippen molar-refractivity contribution < 1.29 is 0 Å². The lowest BCUT2D eigenvalue weighted by molar-refractivity contribution is 0.755. The van der Waals surface area contributed by atoms with E-state index in [0.29, 0.717) is 0 Å². The number of rotatable bonds is 3. The van der Waals surface area contributed by atoms with Crippen molar-refractivity contribution in [2.24, 2.45) is 5.92 Å². The first-order valence-electron chi connectivity index (χ1n) is 3.33. The Kier molecular flexibility index (Phi) is 1.66. The molecule has 0 aromatic carbocycles. The van der Waals surface area contributed by atoms with Crippen LogP contribution in [0.2, 0.25) is 0 Å². The van der Waals surface area contributed by atoms with E-state index in [1.165, 1.54) is 19.3 Å². The van der Waals surface area contributed by atoms with E-state index in [4.69, 9.17) is 5.41 Å². The number of nitrogens with one attached hydrogen (secondary N) is 1. The zero-order valence-corrected chi connectivity index (χ0v) is 5.41. The molecule has 1 saturated carbocycles. The zero-order valence-electron chi connectivity index (χ0n) is 5.41. The van der Waals surface area contributed by atoms with Crippen LogP contribution in [0.25, 0.3) is 0 Å². The average Bonchev–Trinajstić information content (AvgIpc) is 2.41. The van der Waals surface area contributed by atoms with Gasteiger partial charge >= 0.3 is 0 Å². The Bertz CT molecular complexity index is 92.6. The molecular formula is C7H13N. The van der Waals surface area contributed by atoms with Crippen molar-refractivity contribution in [2.45, 2.75) is 32.6 Å². The fourth-order valence-corrected chi connectivity index (χ4v) is 0.827. The minimum atomic E-state index is 0.844. The Balaban J connectivity index is 1.95. The van der Waals surface area contributed by atoms with Crippen molar-refractivity contribution in [1.29, 1.82) is 5.41 Å². The van der Waals surface area contributed by atoms with E-state index in [1.807, 2.05) is 6.92 Å². The minimum Gasteiger partial charge on any atom is -0.310 e. The Morgan fingerprint density at radius 2 is 2.25 bits per heavy atom. The molecule has 0 aromatic heterocycles. The third-order valence-corrected chi connectivity index (χ3v) is 1.62. The van der Waals surface area contributed by atoms with Crippen LogP contribution in [-0.2, 0) is 0 Å². The molecule has 0 bridgehead atoms. The molecule has 1 aliphatic rings. The van der Waals surface area contributed by atoms with Crippen molar-refractivity contribution in [3.63, 3.8) is 0 Å². The van der Waals surface area contributed by atoms with E-state index in [1.54, 1.807) is 0 Å². The predicted molar refractivity (Wildman–Crippen MR) is 35.4 cm³/mol. The van der Waals surface area contributed by atoms with Crippen molar-refractivity contribution in [2.75, 3.05) is 0 Å². The van der Waals surface area contributed by atoms with Crippen molar-refractivity contribution in [3.8, 4) is 0 Å². The summed E-state index contributed by atoms with van der Waals surface area (Å²) in [6, 6.07) is 0. The van der Waals surface area contributed by atoms with E-state index in [9.17, 15) is 0 Å². The summed E-state index contributed by atoms with van der Waals surface area (Å²) in [6.07, 6.45) is 5.15. The first-order chi connectivity index (χ1) is 3.79. The van der Waals surface area contributed by atoms with Gasteiger partial charge in [-0.15, -0.1) is 0 Å². The molecule has 46 valence electrons. The Morgan fingerprint density at radius 1 is 1.62 bits per heavy atom. The second kappa shape index (κ2) is 2.29. The van der Waals surface area contributed by atoms with Gasteiger partial charge in [0.15, 0.2) is 0 Å². The molecule has 0 radical (unpaired) electrons. The maximum absolute atomic E-state index is 7.12. The lowest BCUT2D eigenvalue weighted by Gasteiger charge is -1.92. The smallest absolute Gasteiger partial charge is 0.00583 e. The van der Waals surface area contributed by atoms with Gasteiger partial charge in [0.25, 0.3) is 0 Å². The van der Waals surface area contributed by atoms with Gasteiger partial charge < -0.3 is 5.41 Å². The summed E-state index contributed by atoms with van der Waals surface area (Å²) in [5.74, 6) is 0.996. The molecule has 1 N–H and O–H groups in total. The van der Waals surface area contributed by atoms with Crippen LogP contribution in [0, 0.1) is 11.3 Å². The first-order valence-corrected chi connectivity index (χ1v) is 3.33. The molecule has 0 unspecified atom stereocenters. The fraction of sp³-hybridized carbons (Fsp3) is 0.857. The van der Waals surface area contributed by atoms with E-state index in [-0.39, 0.29) is 0 Å². The molecule has 0 heterocycles. The second-order valence-corrected chi connectivity index (χ2v) is 2.76. The Labute approximate surface area is 50.6 Å². The van der Waals surface area contributed by atoms with Gasteiger partial charge in [-0.1, -0.05) is 12.8 Å². The van der Waals surface area contributed by atoms with Gasteiger partial charge in [0.05, 0.1) is 0 Å². The SMILES string of the molecule is CC(=N)CCC1CC1. The van der Waals surface area contributed by atoms with E-state index in [0.717, 1.165) is 18.1 Å². The van der Waals surface area contributed by atoms with Gasteiger partial charge in [-0.3, -0.25) is 0 Å². The first kappa shape index (κ1) is 5.80. The van der Waals surface area contributed by atoms with E-state index in [2.05, 4.69) is 0 Å². The molecule has 0 amide bonds. The lowest BCUT2D eigenvalue weighted by Crippen LogP contribution is -1.87. The molecule has 0 aromatic rings. The average molecular weight is 111 g/mol. The van der Waals surface area contributed by atoms with Crippen molar-refractivity contribution in [1.82, 2.24) is 0 Å². The Morgan fingerprint density at radius 3 is 2.62 bits per heavy atom. The molecule has 8 heavy (non-hydrogen) atoms. The maximum atomic E-state index is 7.12. The molecule has 0 aliphatic heterocycles. The maximum Gasteiger partial charge on any atom is 0.00583 e. The third kappa shape index (κ3) is 2.10. The number of hydrogen-bond donors (Lipinski definition) is 1. The van der Waals surface area contributed by atoms with Crippen LogP contribution in [0.1, 0.15) is 32.6 Å². The van der Waals surface area contributed by atoms with Crippen LogP contribution in [0.5, 0.6) is 0 Å². The molecule has 0 saturated heterocycles. The predicted octanol–water partition coefficient (Wildman–Crippen LogP) is 2.22. The second-order valence-electron chi connectivity index (χ2n) is 2.76. The molecule has 1 nitrogen and oxygen atoms in total. The number of hydrogen-bond acceptors (Lipinski definition) is 1. The largest absolute Gasteiger partial charge is 0.310 e. The van der Waals surface area contributed by atoms with Crippen LogP contribution in [0.15, 0.2) is 0 Å². The Hall–Kier alpha value is -0.330. The quantitative estimate of drug-likeness (QED) is 0.540. The van der Waals surface area contributed by atoms with Gasteiger partial charge in [0.2, 0.25) is 0 Å². The van der Waals surface area contributed by atoms with Crippen molar-refractivity contribution in [3.05, 3.63) is 0 Å². The molecular weight excluding hydrogens is 98.1 g/mol. The van der Waals surface area contributed by atoms with Gasteiger partial charge in [-0.05, 0) is 25.7 Å². The molecule has 1 aliphatic carbocycles. The van der Waals surface area contributed by atoms with Crippen molar-refractivity contribution >= 4 is 5.71 Å². The summed E-state index contributed by atoms with van der Waals surface area (Å²) in [5, 5.41) is 7.12. The molecule has 1 rings (SSSR count). The highest BCUT2D eigenvalue weighted by Crippen LogP contribution is 2.33. The highest BCUT2D eigenvalue weighted by molar-refractivity contribution is 5.78. The molecule has 0 spiro atoms. The summed E-state index contributed by atoms with van der Waals surface area (Å²) in [5.41, 5.74) is 0.844. The van der Waals surface area contributed by atoms with Crippen LogP contribution in [0.3, 0.4) is 0 Å². The van der Waals surface area contributed by atoms with Crippen LogP contribution in [-0.4, -0.2) is 5.71 Å². The summed E-state index contributed by atoms with van der Waals surface area (Å²) in [7, 11) is 0. The van der Waals surface area contributed by atoms with Gasteiger partial charge in [0, 0.05) is 5.71 Å². The molecule has 1 fully saturated rings. The highest BCUT2D eigenvalue weighted by atomic mass is 14.4. The van der Waals surface area contributed by atoms with Crippen LogP contribution < -0.4 is 0 Å². The zero-order chi connectivity index (χ0) is 5.98. The van der Waals surface area contributed by atoms with Gasteiger partial charge in [-0.2, -0.15) is 0 Å². The highest BCUT2D eigenvalue weighted by Gasteiger charge is 2.20.